The van der Waals surface area contributed by atoms with Crippen LogP contribution in [0.15, 0.2) is 35.5 Å². The predicted octanol–water partition coefficient (Wildman–Crippen LogP) is 6.78. The molecule has 0 spiro atoms. The molecule has 7 heteroatoms. The van der Waals surface area contributed by atoms with Gasteiger partial charge in [-0.25, -0.2) is 0 Å². The average molecular weight is 567 g/mol. The van der Waals surface area contributed by atoms with Crippen LogP contribution in [0, 0.1) is 34.5 Å². The number of aliphatic hydroxyl groups excluding tert-OH is 2. The third kappa shape index (κ3) is 7.43. The Balaban J connectivity index is 1.90. The molecular weight excluding hydrogens is 517 g/mol. The lowest BCUT2D eigenvalue weighted by Crippen LogP contribution is -2.42. The molecule has 4 nitrogen and oxygen atoms in total. The van der Waals surface area contributed by atoms with E-state index >= 15 is 0 Å². The van der Waals surface area contributed by atoms with Crippen LogP contribution in [0.5, 0.6) is 0 Å². The molecular formula is C33H49F3O4. The highest BCUT2D eigenvalue weighted by molar-refractivity contribution is 5.38. The van der Waals surface area contributed by atoms with Crippen molar-refractivity contribution in [3.8, 4) is 11.8 Å². The summed E-state index contributed by atoms with van der Waals surface area (Å²) in [6.45, 7) is 12.7. The lowest BCUT2D eigenvalue weighted by Gasteiger charge is -2.49. The molecule has 0 radical (unpaired) electrons. The average Bonchev–Trinajstić information content (AvgIpc) is 3.17. The lowest BCUT2D eigenvalue weighted by atomic mass is 9.55. The minimum Gasteiger partial charge on any atom is -0.393 e. The second-order valence-electron chi connectivity index (χ2n) is 14.0. The van der Waals surface area contributed by atoms with E-state index in [1.54, 1.807) is 13.8 Å². The highest BCUT2D eigenvalue weighted by Gasteiger charge is 2.55. The SMILES string of the molecule is C=C1/C(=C\C=C2/CCC[C@@]3(C)C2CCC3[C@](C)(CC#CC(C)(O)C(F)(F)F)CCCC(C)(C)O)CC(O)C[C@@H]1O. The molecule has 3 rings (SSSR count). The van der Waals surface area contributed by atoms with Gasteiger partial charge in [-0.15, -0.1) is 0 Å². The number of allylic oxidation sites excluding steroid dienone is 3. The number of aliphatic hydroxyl groups is 4. The summed E-state index contributed by atoms with van der Waals surface area (Å²) in [5, 5.41) is 40.6. The van der Waals surface area contributed by atoms with Crippen LogP contribution in [0.1, 0.15) is 105 Å². The number of hydrogen-bond donors (Lipinski definition) is 4. The van der Waals surface area contributed by atoms with Gasteiger partial charge in [-0.05, 0) is 106 Å². The van der Waals surface area contributed by atoms with Crippen LogP contribution < -0.4 is 0 Å². The van der Waals surface area contributed by atoms with Gasteiger partial charge in [0.25, 0.3) is 0 Å². The molecule has 0 aromatic heterocycles. The second-order valence-corrected chi connectivity index (χ2v) is 14.0. The fraction of sp³-hybridized carbons (Fsp3) is 0.758. The van der Waals surface area contributed by atoms with Gasteiger partial charge in [-0.3, -0.25) is 0 Å². The van der Waals surface area contributed by atoms with E-state index in [-0.39, 0.29) is 23.2 Å². The number of halogens is 3. The highest BCUT2D eigenvalue weighted by atomic mass is 19.4. The number of alkyl halides is 3. The van der Waals surface area contributed by atoms with E-state index in [9.17, 15) is 33.6 Å². The van der Waals surface area contributed by atoms with E-state index in [1.165, 1.54) is 5.57 Å². The van der Waals surface area contributed by atoms with Crippen molar-refractivity contribution in [3.05, 3.63) is 35.5 Å². The highest BCUT2D eigenvalue weighted by Crippen LogP contribution is 2.63. The van der Waals surface area contributed by atoms with E-state index in [1.807, 2.05) is 6.08 Å². The van der Waals surface area contributed by atoms with E-state index in [2.05, 4.69) is 38.3 Å². The van der Waals surface area contributed by atoms with Crippen molar-refractivity contribution in [1.82, 2.24) is 0 Å². The fourth-order valence-corrected chi connectivity index (χ4v) is 7.65. The Morgan fingerprint density at radius 2 is 1.73 bits per heavy atom. The number of hydrogen-bond acceptors (Lipinski definition) is 4. The summed E-state index contributed by atoms with van der Waals surface area (Å²) in [5.74, 6) is 5.40. The smallest absolute Gasteiger partial charge is 0.393 e. The molecule has 7 atom stereocenters. The van der Waals surface area contributed by atoms with Crippen LogP contribution in [0.25, 0.3) is 0 Å². The second kappa shape index (κ2) is 12.0. The van der Waals surface area contributed by atoms with Crippen molar-refractivity contribution in [1.29, 1.82) is 0 Å². The molecule has 226 valence electrons. The lowest BCUT2D eigenvalue weighted by molar-refractivity contribution is -0.228. The van der Waals surface area contributed by atoms with Crippen molar-refractivity contribution >= 4 is 0 Å². The summed E-state index contributed by atoms with van der Waals surface area (Å²) in [7, 11) is 0. The zero-order valence-electron chi connectivity index (χ0n) is 24.9. The zero-order chi connectivity index (χ0) is 30.1. The fourth-order valence-electron chi connectivity index (χ4n) is 7.65. The number of fused-ring (bicyclic) bond motifs is 1. The van der Waals surface area contributed by atoms with Gasteiger partial charge in [-0.2, -0.15) is 13.2 Å². The van der Waals surface area contributed by atoms with E-state index in [0.717, 1.165) is 50.5 Å². The number of rotatable bonds is 7. The Kier molecular flexibility index (Phi) is 9.84. The molecule has 4 N–H and O–H groups in total. The summed E-state index contributed by atoms with van der Waals surface area (Å²) in [6.07, 6.45) is 6.03. The van der Waals surface area contributed by atoms with Gasteiger partial charge in [0, 0.05) is 12.8 Å². The van der Waals surface area contributed by atoms with E-state index < -0.39 is 29.6 Å². The summed E-state index contributed by atoms with van der Waals surface area (Å²) in [6, 6.07) is 0. The summed E-state index contributed by atoms with van der Waals surface area (Å²) >= 11 is 0. The molecule has 0 aromatic rings. The minimum atomic E-state index is -4.82. The van der Waals surface area contributed by atoms with Crippen LogP contribution >= 0.6 is 0 Å². The first kappa shape index (κ1) is 32.9. The van der Waals surface area contributed by atoms with Crippen LogP contribution in [0.4, 0.5) is 13.2 Å². The van der Waals surface area contributed by atoms with Crippen LogP contribution in [0.2, 0.25) is 0 Å². The summed E-state index contributed by atoms with van der Waals surface area (Å²) in [5.41, 5.74) is -1.42. The minimum absolute atomic E-state index is 0.0527. The molecule has 3 aliphatic rings. The van der Waals surface area contributed by atoms with Crippen LogP contribution in [-0.4, -0.2) is 50.0 Å². The molecule has 0 aliphatic heterocycles. The van der Waals surface area contributed by atoms with Gasteiger partial charge in [0.15, 0.2) is 0 Å². The molecule has 0 heterocycles. The Labute approximate surface area is 238 Å². The molecule has 40 heavy (non-hydrogen) atoms. The van der Waals surface area contributed by atoms with Crippen molar-refractivity contribution < 1.29 is 33.6 Å². The molecule has 0 amide bonds. The topological polar surface area (TPSA) is 80.9 Å². The molecule has 3 fully saturated rings. The Bertz CT molecular complexity index is 1050. The third-order valence-electron chi connectivity index (χ3n) is 9.98. The van der Waals surface area contributed by atoms with Gasteiger partial charge in [-0.1, -0.05) is 56.4 Å². The predicted molar refractivity (Wildman–Crippen MR) is 152 cm³/mol. The standard InChI is InChI=1S/C33H49F3O4/c1-22-24(20-25(37)21-27(22)38)12-11-23-10-7-18-31(5)26(23)13-14-28(31)30(4,16-8-15-29(2,3)39)17-9-19-32(6,40)33(34,35)36/h11-12,25-28,37-40H,1,7-8,10,13-18,20-21H2,2-6H3/b23-11+,24-12-/t25?,26?,27-,28?,30-,31-,32?/m0/s1. The van der Waals surface area contributed by atoms with Crippen LogP contribution in [-0.2, 0) is 0 Å². The van der Waals surface area contributed by atoms with E-state index in [0.29, 0.717) is 37.7 Å². The molecule has 0 saturated heterocycles. The van der Waals surface area contributed by atoms with Crippen molar-refractivity contribution in [2.24, 2.45) is 22.7 Å². The van der Waals surface area contributed by atoms with Gasteiger partial charge < -0.3 is 20.4 Å². The van der Waals surface area contributed by atoms with Crippen molar-refractivity contribution in [2.45, 2.75) is 135 Å². The molecule has 0 bridgehead atoms. The Morgan fingerprint density at radius 1 is 1.05 bits per heavy atom. The van der Waals surface area contributed by atoms with Gasteiger partial charge >= 0.3 is 6.18 Å². The third-order valence-corrected chi connectivity index (χ3v) is 9.98. The Hall–Kier alpha value is -1.59. The van der Waals surface area contributed by atoms with Gasteiger partial charge in [0.2, 0.25) is 5.60 Å². The van der Waals surface area contributed by atoms with Crippen molar-refractivity contribution in [2.75, 3.05) is 0 Å². The first-order chi connectivity index (χ1) is 18.3. The quantitative estimate of drug-likeness (QED) is 0.256. The molecule has 0 aromatic carbocycles. The molecule has 4 unspecified atom stereocenters. The maximum atomic E-state index is 13.3. The first-order valence-electron chi connectivity index (χ1n) is 14.8. The monoisotopic (exact) mass is 566 g/mol. The maximum Gasteiger partial charge on any atom is 0.428 e. The Morgan fingerprint density at radius 3 is 2.35 bits per heavy atom. The van der Waals surface area contributed by atoms with Gasteiger partial charge in [0.1, 0.15) is 0 Å². The summed E-state index contributed by atoms with van der Waals surface area (Å²) in [4.78, 5) is 0. The molecule has 3 saturated carbocycles. The zero-order valence-corrected chi connectivity index (χ0v) is 24.9. The van der Waals surface area contributed by atoms with Crippen LogP contribution in [0.3, 0.4) is 0 Å². The molecule has 3 aliphatic carbocycles. The first-order valence-corrected chi connectivity index (χ1v) is 14.8. The van der Waals surface area contributed by atoms with E-state index in [4.69, 9.17) is 0 Å². The maximum absolute atomic E-state index is 13.3. The normalized spacial score (nSPS) is 34.6. The largest absolute Gasteiger partial charge is 0.428 e. The van der Waals surface area contributed by atoms with Crippen molar-refractivity contribution in [3.63, 3.8) is 0 Å². The van der Waals surface area contributed by atoms with Gasteiger partial charge in [0.05, 0.1) is 17.8 Å². The summed E-state index contributed by atoms with van der Waals surface area (Å²) < 4.78 is 39.8.